The summed E-state index contributed by atoms with van der Waals surface area (Å²) in [5, 5.41) is 16.8. The molecule has 39 heavy (non-hydrogen) atoms. The molecule has 216 valence electrons. The van der Waals surface area contributed by atoms with Crippen molar-refractivity contribution >= 4 is 33.9 Å². The van der Waals surface area contributed by atoms with Crippen LogP contribution >= 0.6 is 0 Å². The highest BCUT2D eigenvalue weighted by Gasteiger charge is 2.49. The van der Waals surface area contributed by atoms with Crippen LogP contribution in [0, 0.1) is 0 Å². The van der Waals surface area contributed by atoms with E-state index >= 15 is 0 Å². The number of sulfonamides is 1. The fourth-order valence-electron chi connectivity index (χ4n) is 2.03. The smallest absolute Gasteiger partial charge is 0.433 e. The Labute approximate surface area is 211 Å². The molecular formula is C17H14F7N5O9S. The van der Waals surface area contributed by atoms with Crippen molar-refractivity contribution in [3.05, 3.63) is 29.5 Å². The number of aromatic carboxylic acids is 1. The Bertz CT molecular complexity index is 1320. The molecule has 2 aromatic rings. The third-order valence-corrected chi connectivity index (χ3v) is 5.02. The number of hydrogen-bond acceptors (Lipinski definition) is 10. The number of halogens is 7. The first kappa shape index (κ1) is 32.5. The third-order valence-electron chi connectivity index (χ3n) is 3.74. The summed E-state index contributed by atoms with van der Waals surface area (Å²) in [5.41, 5.74) is -2.75. The molecule has 0 fully saturated rings. The van der Waals surface area contributed by atoms with Gasteiger partial charge in [-0.25, -0.2) is 32.9 Å². The van der Waals surface area contributed by atoms with Crippen LogP contribution in [-0.4, -0.2) is 78.1 Å². The summed E-state index contributed by atoms with van der Waals surface area (Å²) in [6.07, 6.45) is -9.20. The van der Waals surface area contributed by atoms with Gasteiger partial charge >= 0.3 is 36.5 Å². The van der Waals surface area contributed by atoms with E-state index in [1.165, 1.54) is 25.0 Å². The van der Waals surface area contributed by atoms with E-state index in [4.69, 9.17) is 19.7 Å². The monoisotopic (exact) mass is 597 g/mol. The number of carboxylic acids is 2. The molecule has 0 radical (unpaired) electrons. The van der Waals surface area contributed by atoms with Crippen LogP contribution < -0.4 is 19.5 Å². The van der Waals surface area contributed by atoms with Crippen molar-refractivity contribution in [2.75, 3.05) is 19.5 Å². The minimum Gasteiger partial charge on any atom is -0.481 e. The molecule has 0 aliphatic rings. The molecule has 2 aromatic heterocycles. The van der Waals surface area contributed by atoms with Gasteiger partial charge in [-0.1, -0.05) is 0 Å². The van der Waals surface area contributed by atoms with Gasteiger partial charge in [-0.3, -0.25) is 5.32 Å². The maximum absolute atomic E-state index is 12.8. The first-order valence-electron chi connectivity index (χ1n) is 9.28. The molecule has 0 bridgehead atoms. The van der Waals surface area contributed by atoms with E-state index in [2.05, 4.69) is 15.0 Å². The van der Waals surface area contributed by atoms with Crippen molar-refractivity contribution in [3.8, 4) is 11.8 Å². The Kier molecular flexibility index (Phi) is 10.3. The number of amides is 2. The number of aromatic nitrogens is 3. The highest BCUT2D eigenvalue weighted by molar-refractivity contribution is 7.90. The quantitative estimate of drug-likeness (QED) is 0.323. The minimum absolute atomic E-state index is 0.0623. The standard InChI is InChI=1S/C14H12F3N5O7S.C3H2F4O2/c1-28-8-5-9(29-2)20-12(19-8)21-13(25)22-30(26,27)10-6(11(23)24)3-4-7(18-10)14(15,16)17;4-1(5)3(6,7)2(8)9/h3-5H,1-2H3,(H,23,24)(H2,19,20,21,22,25);1H,(H,8,9). The number of methoxy groups -OCH3 is 2. The molecule has 0 aliphatic carbocycles. The van der Waals surface area contributed by atoms with Crippen molar-refractivity contribution in [2.45, 2.75) is 23.6 Å². The molecule has 0 saturated carbocycles. The number of ether oxygens (including phenoxy) is 2. The first-order valence-corrected chi connectivity index (χ1v) is 10.8. The number of nitrogens with one attached hydrogen (secondary N) is 2. The molecule has 0 spiro atoms. The second kappa shape index (κ2) is 12.4. The number of hydrogen-bond donors (Lipinski definition) is 4. The van der Waals surface area contributed by atoms with Crippen LogP contribution in [0.2, 0.25) is 0 Å². The van der Waals surface area contributed by atoms with Crippen LogP contribution in [0.15, 0.2) is 23.2 Å². The number of alkyl halides is 7. The molecule has 14 nitrogen and oxygen atoms in total. The molecule has 22 heteroatoms. The van der Waals surface area contributed by atoms with Crippen molar-refractivity contribution < 1.29 is 73.2 Å². The number of carbonyl (C=O) groups is 3. The van der Waals surface area contributed by atoms with Crippen LogP contribution in [0.25, 0.3) is 0 Å². The lowest BCUT2D eigenvalue weighted by molar-refractivity contribution is -0.187. The molecule has 2 rings (SSSR count). The summed E-state index contributed by atoms with van der Waals surface area (Å²) in [5.74, 6) is -10.2. The number of anilines is 1. The van der Waals surface area contributed by atoms with Gasteiger partial charge in [0.05, 0.1) is 25.8 Å². The fraction of sp³-hybridized carbons (Fsp3) is 0.294. The van der Waals surface area contributed by atoms with Crippen LogP contribution in [-0.2, 0) is 21.0 Å². The zero-order chi connectivity index (χ0) is 30.3. The minimum atomic E-state index is -5.14. The maximum atomic E-state index is 12.8. The van der Waals surface area contributed by atoms with Crippen molar-refractivity contribution in [3.63, 3.8) is 0 Å². The average Bonchev–Trinajstić information content (AvgIpc) is 2.82. The van der Waals surface area contributed by atoms with Gasteiger partial charge in [0.15, 0.2) is 5.03 Å². The topological polar surface area (TPSA) is 207 Å². The lowest BCUT2D eigenvalue weighted by Gasteiger charge is -2.12. The lowest BCUT2D eigenvalue weighted by Crippen LogP contribution is -2.36. The molecule has 2 amide bonds. The molecule has 0 unspecified atom stereocenters. The summed E-state index contributed by atoms with van der Waals surface area (Å²) in [4.78, 5) is 42.7. The fourth-order valence-corrected chi connectivity index (χ4v) is 3.08. The van der Waals surface area contributed by atoms with Gasteiger partial charge in [-0.2, -0.15) is 40.3 Å². The number of nitrogens with zero attached hydrogens (tertiary/aromatic N) is 3. The Morgan fingerprint density at radius 2 is 1.46 bits per heavy atom. The molecule has 0 atom stereocenters. The zero-order valence-corrected chi connectivity index (χ0v) is 19.8. The van der Waals surface area contributed by atoms with E-state index in [-0.39, 0.29) is 11.8 Å². The van der Waals surface area contributed by atoms with Crippen LogP contribution in [0.4, 0.5) is 41.5 Å². The summed E-state index contributed by atoms with van der Waals surface area (Å²) in [6.45, 7) is 0. The van der Waals surface area contributed by atoms with Crippen molar-refractivity contribution in [2.24, 2.45) is 0 Å². The number of rotatable bonds is 8. The Morgan fingerprint density at radius 3 is 1.82 bits per heavy atom. The maximum Gasteiger partial charge on any atom is 0.433 e. The number of carboxylic acid groups (broad SMARTS) is 2. The van der Waals surface area contributed by atoms with Crippen LogP contribution in [0.5, 0.6) is 11.8 Å². The van der Waals surface area contributed by atoms with Gasteiger partial charge in [0.25, 0.3) is 10.0 Å². The Balaban J connectivity index is 0.000000724. The van der Waals surface area contributed by atoms with Gasteiger partial charge in [0, 0.05) is 0 Å². The van der Waals surface area contributed by atoms with Gasteiger partial charge in [-0.15, -0.1) is 0 Å². The Morgan fingerprint density at radius 1 is 0.949 bits per heavy atom. The molecular weight excluding hydrogens is 583 g/mol. The second-order valence-electron chi connectivity index (χ2n) is 6.42. The van der Waals surface area contributed by atoms with E-state index < -0.39 is 68.7 Å². The largest absolute Gasteiger partial charge is 0.481 e. The summed E-state index contributed by atoms with van der Waals surface area (Å²) < 4.78 is 119. The van der Waals surface area contributed by atoms with E-state index in [1.54, 1.807) is 0 Å². The highest BCUT2D eigenvalue weighted by atomic mass is 32.2. The molecule has 0 aromatic carbocycles. The summed E-state index contributed by atoms with van der Waals surface area (Å²) in [6, 6.07) is 0.423. The van der Waals surface area contributed by atoms with Crippen molar-refractivity contribution in [1.82, 2.24) is 19.7 Å². The average molecular weight is 597 g/mol. The zero-order valence-electron chi connectivity index (χ0n) is 19.0. The number of aliphatic carboxylic acids is 1. The summed E-state index contributed by atoms with van der Waals surface area (Å²) in [7, 11) is -2.66. The first-order chi connectivity index (χ1) is 17.8. The van der Waals surface area contributed by atoms with Crippen LogP contribution in [0.1, 0.15) is 16.1 Å². The van der Waals surface area contributed by atoms with Crippen LogP contribution in [0.3, 0.4) is 0 Å². The number of pyridine rings is 1. The van der Waals surface area contributed by atoms with Gasteiger partial charge < -0.3 is 19.7 Å². The van der Waals surface area contributed by atoms with E-state index in [0.717, 1.165) is 0 Å². The van der Waals surface area contributed by atoms with Gasteiger partial charge in [-0.05, 0) is 12.1 Å². The number of carbonyl (C=O) groups excluding carboxylic acids is 1. The van der Waals surface area contributed by atoms with Gasteiger partial charge in [0.2, 0.25) is 17.7 Å². The third kappa shape index (κ3) is 8.79. The predicted octanol–water partition coefficient (Wildman–Crippen LogP) is 2.09. The molecule has 0 saturated heterocycles. The highest BCUT2D eigenvalue weighted by Crippen LogP contribution is 2.29. The molecule has 4 N–H and O–H groups in total. The number of urea groups is 1. The SMILES string of the molecule is COc1cc(OC)nc(NC(=O)NS(=O)(=O)c2nc(C(F)(F)F)ccc2C(=O)O)n1.O=C(O)C(F)(F)C(F)F. The van der Waals surface area contributed by atoms with E-state index in [0.29, 0.717) is 12.1 Å². The molecule has 2 heterocycles. The lowest BCUT2D eigenvalue weighted by atomic mass is 10.2. The Hall–Kier alpha value is -4.50. The normalized spacial score (nSPS) is 11.6. The summed E-state index contributed by atoms with van der Waals surface area (Å²) >= 11 is 0. The van der Waals surface area contributed by atoms with E-state index in [9.17, 15) is 53.5 Å². The van der Waals surface area contributed by atoms with Crippen molar-refractivity contribution in [1.29, 1.82) is 0 Å². The van der Waals surface area contributed by atoms with Gasteiger partial charge in [0.1, 0.15) is 5.69 Å². The second-order valence-corrected chi connectivity index (χ2v) is 8.01. The molecule has 0 aliphatic heterocycles. The predicted molar refractivity (Wildman–Crippen MR) is 109 cm³/mol. The van der Waals surface area contributed by atoms with E-state index in [1.807, 2.05) is 5.32 Å².